The lowest BCUT2D eigenvalue weighted by Crippen LogP contribution is -2.40. The molecule has 112 valence electrons. The number of fused-ring (bicyclic) bond motifs is 4. The number of hydrogen-bond acceptors (Lipinski definition) is 4. The van der Waals surface area contributed by atoms with Crippen LogP contribution < -0.4 is 4.74 Å². The normalized spacial score (nSPS) is 19.4. The van der Waals surface area contributed by atoms with Crippen molar-refractivity contribution in [2.45, 2.75) is 19.2 Å². The summed E-state index contributed by atoms with van der Waals surface area (Å²) in [5, 5.41) is 0. The molecule has 0 amide bonds. The van der Waals surface area contributed by atoms with E-state index in [1.165, 1.54) is 18.2 Å². The standard InChI is InChI=1S/C18H17NO3/c1-21-18(20)13-6-7-16-14(10-13)11-19-9-8-12-4-2-3-5-15(12)17(19)22-16/h2-7,10,17H,8-9,11H2,1H3. The van der Waals surface area contributed by atoms with Crippen molar-refractivity contribution in [3.63, 3.8) is 0 Å². The molecule has 4 heteroatoms. The van der Waals surface area contributed by atoms with Gasteiger partial charge in [-0.3, -0.25) is 4.90 Å². The van der Waals surface area contributed by atoms with Crippen molar-refractivity contribution in [3.8, 4) is 5.75 Å². The lowest BCUT2D eigenvalue weighted by Gasteiger charge is -2.41. The first-order valence-corrected chi connectivity index (χ1v) is 7.46. The van der Waals surface area contributed by atoms with E-state index in [1.807, 2.05) is 12.1 Å². The van der Waals surface area contributed by atoms with E-state index in [-0.39, 0.29) is 12.2 Å². The van der Waals surface area contributed by atoms with Gasteiger partial charge in [0.15, 0.2) is 6.23 Å². The molecule has 0 spiro atoms. The fourth-order valence-electron chi connectivity index (χ4n) is 3.28. The molecule has 0 bridgehead atoms. The first-order valence-electron chi connectivity index (χ1n) is 7.46. The highest BCUT2D eigenvalue weighted by molar-refractivity contribution is 5.89. The predicted molar refractivity (Wildman–Crippen MR) is 81.7 cm³/mol. The first kappa shape index (κ1) is 13.3. The van der Waals surface area contributed by atoms with E-state index in [9.17, 15) is 4.79 Å². The van der Waals surface area contributed by atoms with Crippen molar-refractivity contribution < 1.29 is 14.3 Å². The zero-order valence-corrected chi connectivity index (χ0v) is 12.4. The lowest BCUT2D eigenvalue weighted by atomic mass is 9.96. The van der Waals surface area contributed by atoms with Crippen molar-refractivity contribution in [1.29, 1.82) is 0 Å². The van der Waals surface area contributed by atoms with Crippen molar-refractivity contribution in [2.24, 2.45) is 0 Å². The molecule has 2 aliphatic heterocycles. The number of esters is 1. The molecule has 0 aliphatic carbocycles. The van der Waals surface area contributed by atoms with Crippen molar-refractivity contribution in [2.75, 3.05) is 13.7 Å². The average molecular weight is 295 g/mol. The van der Waals surface area contributed by atoms with Gasteiger partial charge in [0.05, 0.1) is 12.7 Å². The molecule has 0 fully saturated rings. The Morgan fingerprint density at radius 3 is 2.95 bits per heavy atom. The predicted octanol–water partition coefficient (Wildman–Crippen LogP) is 2.92. The van der Waals surface area contributed by atoms with Crippen molar-refractivity contribution in [1.82, 2.24) is 4.90 Å². The third kappa shape index (κ3) is 2.07. The van der Waals surface area contributed by atoms with Gasteiger partial charge in [-0.05, 0) is 30.2 Å². The van der Waals surface area contributed by atoms with E-state index in [4.69, 9.17) is 9.47 Å². The van der Waals surface area contributed by atoms with Crippen LogP contribution >= 0.6 is 0 Å². The highest BCUT2D eigenvalue weighted by atomic mass is 16.5. The SMILES string of the molecule is COC(=O)c1ccc2c(c1)CN1CCc3ccccc3C1O2. The molecule has 0 radical (unpaired) electrons. The summed E-state index contributed by atoms with van der Waals surface area (Å²) in [6, 6.07) is 13.9. The fraction of sp³-hybridized carbons (Fsp3) is 0.278. The summed E-state index contributed by atoms with van der Waals surface area (Å²) in [5.74, 6) is 0.541. The number of carbonyl (C=O) groups excluding carboxylic acids is 1. The summed E-state index contributed by atoms with van der Waals surface area (Å²) in [7, 11) is 1.40. The zero-order valence-electron chi connectivity index (χ0n) is 12.4. The van der Waals surface area contributed by atoms with Crippen LogP contribution in [0.2, 0.25) is 0 Å². The van der Waals surface area contributed by atoms with Gasteiger partial charge in [0.25, 0.3) is 0 Å². The van der Waals surface area contributed by atoms with Gasteiger partial charge in [-0.25, -0.2) is 4.79 Å². The van der Waals surface area contributed by atoms with Crippen LogP contribution in [-0.2, 0) is 17.7 Å². The maximum atomic E-state index is 11.7. The van der Waals surface area contributed by atoms with Crippen molar-refractivity contribution in [3.05, 3.63) is 64.7 Å². The van der Waals surface area contributed by atoms with E-state index in [2.05, 4.69) is 29.2 Å². The van der Waals surface area contributed by atoms with E-state index < -0.39 is 0 Å². The third-order valence-electron chi connectivity index (χ3n) is 4.41. The molecule has 2 aromatic carbocycles. The van der Waals surface area contributed by atoms with Crippen LogP contribution in [-0.4, -0.2) is 24.5 Å². The second-order valence-electron chi connectivity index (χ2n) is 5.70. The zero-order chi connectivity index (χ0) is 15.1. The lowest BCUT2D eigenvalue weighted by molar-refractivity contribution is -0.0103. The van der Waals surface area contributed by atoms with Crippen LogP contribution in [0.4, 0.5) is 0 Å². The second-order valence-corrected chi connectivity index (χ2v) is 5.70. The Balaban J connectivity index is 1.70. The van der Waals surface area contributed by atoms with Crippen LogP contribution in [0, 0.1) is 0 Å². The highest BCUT2D eigenvalue weighted by Crippen LogP contribution is 2.39. The van der Waals surface area contributed by atoms with Gasteiger partial charge in [0.1, 0.15) is 5.75 Å². The largest absolute Gasteiger partial charge is 0.471 e. The molecular weight excluding hydrogens is 278 g/mol. The number of nitrogens with zero attached hydrogens (tertiary/aromatic N) is 1. The number of rotatable bonds is 1. The molecule has 2 aromatic rings. The van der Waals surface area contributed by atoms with Gasteiger partial charge in [-0.2, -0.15) is 0 Å². The van der Waals surface area contributed by atoms with Crippen LogP contribution in [0.25, 0.3) is 0 Å². The second kappa shape index (κ2) is 5.14. The maximum absolute atomic E-state index is 11.7. The van der Waals surface area contributed by atoms with Gasteiger partial charge in [-0.15, -0.1) is 0 Å². The number of carbonyl (C=O) groups is 1. The van der Waals surface area contributed by atoms with Gasteiger partial charge >= 0.3 is 5.97 Å². The Hall–Kier alpha value is -2.33. The Kier molecular flexibility index (Phi) is 3.12. The maximum Gasteiger partial charge on any atom is 0.337 e. The smallest absolute Gasteiger partial charge is 0.337 e. The topological polar surface area (TPSA) is 38.8 Å². The Labute approximate surface area is 129 Å². The average Bonchev–Trinajstić information content (AvgIpc) is 2.58. The fourth-order valence-corrected chi connectivity index (χ4v) is 3.28. The van der Waals surface area contributed by atoms with Gasteiger partial charge in [-0.1, -0.05) is 24.3 Å². The van der Waals surface area contributed by atoms with E-state index in [1.54, 1.807) is 6.07 Å². The highest BCUT2D eigenvalue weighted by Gasteiger charge is 2.33. The Morgan fingerprint density at radius 2 is 2.09 bits per heavy atom. The van der Waals surface area contributed by atoms with Crippen molar-refractivity contribution >= 4 is 5.97 Å². The number of ether oxygens (including phenoxy) is 2. The number of benzene rings is 2. The van der Waals surface area contributed by atoms with E-state index in [0.717, 1.165) is 30.8 Å². The summed E-state index contributed by atoms with van der Waals surface area (Å²) in [6.45, 7) is 1.75. The minimum Gasteiger partial charge on any atom is -0.471 e. The molecule has 0 saturated heterocycles. The van der Waals surface area contributed by atoms with Crippen LogP contribution in [0.15, 0.2) is 42.5 Å². The Morgan fingerprint density at radius 1 is 1.23 bits per heavy atom. The molecule has 0 N–H and O–H groups in total. The van der Waals surface area contributed by atoms with E-state index >= 15 is 0 Å². The molecule has 2 aliphatic rings. The molecule has 0 aromatic heterocycles. The third-order valence-corrected chi connectivity index (χ3v) is 4.41. The molecule has 4 nitrogen and oxygen atoms in total. The summed E-state index contributed by atoms with van der Waals surface area (Å²) < 4.78 is 11.0. The minimum atomic E-state index is -0.311. The summed E-state index contributed by atoms with van der Waals surface area (Å²) in [5.41, 5.74) is 4.22. The van der Waals surface area contributed by atoms with Crippen LogP contribution in [0.1, 0.15) is 33.3 Å². The van der Waals surface area contributed by atoms with Gasteiger partial charge in [0.2, 0.25) is 0 Å². The first-order chi connectivity index (χ1) is 10.8. The Bertz CT molecular complexity index is 741. The molecular formula is C18H17NO3. The summed E-state index contributed by atoms with van der Waals surface area (Å²) in [6.07, 6.45) is 1.00. The molecule has 1 atom stereocenters. The quantitative estimate of drug-likeness (QED) is 0.758. The summed E-state index contributed by atoms with van der Waals surface area (Å²) in [4.78, 5) is 14.0. The molecule has 22 heavy (non-hydrogen) atoms. The van der Waals surface area contributed by atoms with Gasteiger partial charge in [0, 0.05) is 24.2 Å². The minimum absolute atomic E-state index is 0.0265. The van der Waals surface area contributed by atoms with Gasteiger partial charge < -0.3 is 9.47 Å². The van der Waals surface area contributed by atoms with Crippen LogP contribution in [0.3, 0.4) is 0 Å². The molecule has 0 saturated carbocycles. The number of methoxy groups -OCH3 is 1. The number of hydrogen-bond donors (Lipinski definition) is 0. The molecule has 1 unspecified atom stereocenters. The van der Waals surface area contributed by atoms with Crippen LogP contribution in [0.5, 0.6) is 5.75 Å². The monoisotopic (exact) mass is 295 g/mol. The summed E-state index contributed by atoms with van der Waals surface area (Å²) >= 11 is 0. The molecule has 2 heterocycles. The molecule has 4 rings (SSSR count). The van der Waals surface area contributed by atoms with E-state index in [0.29, 0.717) is 5.56 Å².